The maximum absolute atomic E-state index is 9.70. The Bertz CT molecular complexity index is 108. The molecule has 0 radical (unpaired) electrons. The molecular weight excluding hydrogens is 135 g/mol. The van der Waals surface area contributed by atoms with Crippen LogP contribution in [0.15, 0.2) is 0 Å². The minimum absolute atomic E-state index is 0.231. The Hall–Kier alpha value is 0.0674. The number of hydrogen-bond donors (Lipinski definition) is 1. The molecule has 0 heterocycles. The van der Waals surface area contributed by atoms with Gasteiger partial charge in [0, 0.05) is 0 Å². The molecule has 1 N–H and O–H groups in total. The molecule has 0 amide bonds. The third-order valence-corrected chi connectivity index (χ3v) is 0.494. The molecule has 0 unspecified atom stereocenters. The van der Waals surface area contributed by atoms with Crippen molar-refractivity contribution in [3.63, 3.8) is 0 Å². The second-order valence-electron chi connectivity index (χ2n) is 4.49. The van der Waals surface area contributed by atoms with Crippen LogP contribution in [0.1, 0.15) is 34.6 Å². The van der Waals surface area contributed by atoms with Gasteiger partial charge in [-0.1, -0.05) is 13.8 Å². The average molecular weight is 152 g/mol. The molecule has 0 saturated heterocycles. The molecular formula is C8H17LiO2. The Labute approximate surface area is 78.6 Å². The first-order chi connectivity index (χ1) is 4.64. The van der Waals surface area contributed by atoms with E-state index in [2.05, 4.69) is 38.5 Å². The van der Waals surface area contributed by atoms with E-state index in [-0.39, 0.29) is 5.92 Å². The van der Waals surface area contributed by atoms with E-state index in [1.54, 1.807) is 13.8 Å². The number of aliphatic carboxylic acids is 1. The van der Waals surface area contributed by atoms with Crippen molar-refractivity contribution in [3.05, 3.63) is 0 Å². The van der Waals surface area contributed by atoms with E-state index in [1.807, 2.05) is 0 Å². The van der Waals surface area contributed by atoms with Gasteiger partial charge in [0.15, 0.2) is 0 Å². The van der Waals surface area contributed by atoms with Gasteiger partial charge in [0.25, 0.3) is 0 Å². The summed E-state index contributed by atoms with van der Waals surface area (Å²) >= 11 is 2.19. The molecule has 11 heavy (non-hydrogen) atoms. The van der Waals surface area contributed by atoms with Crippen molar-refractivity contribution >= 4 is 23.7 Å². The van der Waals surface area contributed by atoms with Crippen molar-refractivity contribution in [2.24, 2.45) is 5.92 Å². The third-order valence-electron chi connectivity index (χ3n) is 0.494. The zero-order chi connectivity index (χ0) is 9.65. The summed E-state index contributed by atoms with van der Waals surface area (Å²) < 4.78 is 0.500. The Balaban J connectivity index is 0. The van der Waals surface area contributed by atoms with Crippen molar-refractivity contribution in [2.75, 3.05) is 0 Å². The van der Waals surface area contributed by atoms with Crippen LogP contribution in [-0.4, -0.2) is 28.8 Å². The van der Waals surface area contributed by atoms with E-state index >= 15 is 0 Å². The standard InChI is InChI=1S/C4H8O2.C4H9.Li/c1-3(2)4(5)6;1-4(2)3;/h3H,1-2H3,(H,5,6);1-3H3;. The summed E-state index contributed by atoms with van der Waals surface area (Å²) in [5.74, 6) is -0.972. The fraction of sp³-hybridized carbons (Fsp3) is 0.875. The number of carbonyl (C=O) groups is 1. The molecule has 0 aliphatic rings. The van der Waals surface area contributed by atoms with Crippen LogP contribution in [0, 0.1) is 5.92 Å². The summed E-state index contributed by atoms with van der Waals surface area (Å²) in [6, 6.07) is 0. The van der Waals surface area contributed by atoms with Crippen molar-refractivity contribution in [3.8, 4) is 0 Å². The molecule has 0 fully saturated rings. The van der Waals surface area contributed by atoms with Crippen LogP contribution in [-0.2, 0) is 4.79 Å². The van der Waals surface area contributed by atoms with Gasteiger partial charge in [0.2, 0.25) is 0 Å². The van der Waals surface area contributed by atoms with Gasteiger partial charge in [0.05, 0.1) is 5.92 Å². The summed E-state index contributed by atoms with van der Waals surface area (Å²) in [6.07, 6.45) is 0. The van der Waals surface area contributed by atoms with Crippen LogP contribution in [0.25, 0.3) is 0 Å². The zero-order valence-electron chi connectivity index (χ0n) is 8.43. The Morgan fingerprint density at radius 3 is 1.45 bits per heavy atom. The molecule has 2 nitrogen and oxygen atoms in total. The third kappa shape index (κ3) is 39.6. The van der Waals surface area contributed by atoms with Gasteiger partial charge in [-0.05, 0) is 0 Å². The zero-order valence-corrected chi connectivity index (χ0v) is 8.43. The normalized spacial score (nSPS) is 10.5. The number of rotatable bonds is 1. The molecule has 0 rings (SSSR count). The molecule has 0 aromatic heterocycles. The van der Waals surface area contributed by atoms with Crippen LogP contribution in [0.3, 0.4) is 0 Å². The van der Waals surface area contributed by atoms with Crippen LogP contribution in [0.2, 0.25) is 4.09 Å². The Morgan fingerprint density at radius 1 is 1.36 bits per heavy atom. The van der Waals surface area contributed by atoms with Crippen molar-refractivity contribution in [2.45, 2.75) is 38.7 Å². The summed E-state index contributed by atoms with van der Waals surface area (Å²) in [7, 11) is 0. The minimum atomic E-state index is -0.741. The fourth-order valence-electron chi connectivity index (χ4n) is 0. The molecule has 62 valence electrons. The van der Waals surface area contributed by atoms with E-state index in [0.29, 0.717) is 4.09 Å². The summed E-state index contributed by atoms with van der Waals surface area (Å²) in [5, 5.41) is 7.99. The second-order valence-corrected chi connectivity index (χ2v) is 4.49. The van der Waals surface area contributed by atoms with Crippen molar-refractivity contribution < 1.29 is 9.90 Å². The first kappa shape index (κ1) is 13.6. The van der Waals surface area contributed by atoms with Crippen LogP contribution in [0.5, 0.6) is 0 Å². The van der Waals surface area contributed by atoms with Gasteiger partial charge < -0.3 is 5.11 Å². The van der Waals surface area contributed by atoms with E-state index < -0.39 is 5.97 Å². The summed E-state index contributed by atoms with van der Waals surface area (Å²) in [6.45, 7) is 9.84. The van der Waals surface area contributed by atoms with Gasteiger partial charge in [-0.25, -0.2) is 0 Å². The monoisotopic (exact) mass is 152 g/mol. The first-order valence-electron chi connectivity index (χ1n) is 3.87. The van der Waals surface area contributed by atoms with Crippen LogP contribution >= 0.6 is 0 Å². The molecule has 0 spiro atoms. The Morgan fingerprint density at radius 2 is 1.45 bits per heavy atom. The predicted molar refractivity (Wildman–Crippen MR) is 47.9 cm³/mol. The number of hydrogen-bond acceptors (Lipinski definition) is 1. The molecule has 0 aromatic rings. The van der Waals surface area contributed by atoms with E-state index in [1.165, 1.54) is 0 Å². The molecule has 0 aliphatic heterocycles. The van der Waals surface area contributed by atoms with Gasteiger partial charge >= 0.3 is 48.5 Å². The maximum atomic E-state index is 9.70. The van der Waals surface area contributed by atoms with Crippen molar-refractivity contribution in [1.82, 2.24) is 0 Å². The predicted octanol–water partition coefficient (Wildman–Crippen LogP) is 2.10. The van der Waals surface area contributed by atoms with E-state index in [9.17, 15) is 4.79 Å². The second kappa shape index (κ2) is 5.68. The summed E-state index contributed by atoms with van der Waals surface area (Å²) in [5.41, 5.74) is 0. The Kier molecular flexibility index (Phi) is 7.05. The van der Waals surface area contributed by atoms with E-state index in [0.717, 1.165) is 0 Å². The van der Waals surface area contributed by atoms with Crippen LogP contribution < -0.4 is 0 Å². The fourth-order valence-corrected chi connectivity index (χ4v) is 0. The molecule has 3 heteroatoms. The first-order valence-corrected chi connectivity index (χ1v) is 3.87. The average Bonchev–Trinajstić information content (AvgIpc) is 1.59. The van der Waals surface area contributed by atoms with Crippen LogP contribution in [0.4, 0.5) is 0 Å². The van der Waals surface area contributed by atoms with E-state index in [4.69, 9.17) is 5.11 Å². The summed E-state index contributed by atoms with van der Waals surface area (Å²) in [4.78, 5) is 9.70. The number of carboxylic acid groups (broad SMARTS) is 1. The van der Waals surface area contributed by atoms with Gasteiger partial charge in [-0.2, -0.15) is 0 Å². The topological polar surface area (TPSA) is 37.3 Å². The van der Waals surface area contributed by atoms with Gasteiger partial charge in [-0.15, -0.1) is 0 Å². The number of carboxylic acids is 1. The van der Waals surface area contributed by atoms with Gasteiger partial charge in [-0.3, -0.25) is 4.79 Å². The quantitative estimate of drug-likeness (QED) is 0.584. The SMILES string of the molecule is CC(C)C(=O)O.[Li][C](C)(C)C. The molecule has 0 aromatic carbocycles. The van der Waals surface area contributed by atoms with Gasteiger partial charge in [0.1, 0.15) is 0 Å². The molecule has 0 bridgehead atoms. The molecule has 0 saturated carbocycles. The molecule has 0 atom stereocenters. The van der Waals surface area contributed by atoms with Crippen molar-refractivity contribution in [1.29, 1.82) is 0 Å². The molecule has 0 aliphatic carbocycles.